The van der Waals surface area contributed by atoms with Crippen LogP contribution in [0.2, 0.25) is 0 Å². The summed E-state index contributed by atoms with van der Waals surface area (Å²) in [7, 11) is 0. The molecule has 0 aliphatic heterocycles. The van der Waals surface area contributed by atoms with Gasteiger partial charge in [-0.25, -0.2) is 0 Å². The first-order valence-electron chi connectivity index (χ1n) is 7.90. The standard InChI is InChI=1S/C18H24O/c1-13-2-4-14(5-3-13)12-19-18-9-15-6-16(10-18)8-17(7-15)11-18/h2-5,15-17H,6-12H2,1H3. The van der Waals surface area contributed by atoms with Crippen LogP contribution in [0.5, 0.6) is 0 Å². The van der Waals surface area contributed by atoms with Crippen LogP contribution >= 0.6 is 0 Å². The average Bonchev–Trinajstić information content (AvgIpc) is 2.36. The quantitative estimate of drug-likeness (QED) is 0.774. The molecule has 0 aromatic heterocycles. The average molecular weight is 256 g/mol. The Morgan fingerprint density at radius 3 is 2.00 bits per heavy atom. The molecule has 4 aliphatic carbocycles. The Balaban J connectivity index is 1.46. The predicted molar refractivity (Wildman–Crippen MR) is 76.9 cm³/mol. The third-order valence-corrected chi connectivity index (χ3v) is 5.65. The molecule has 0 heterocycles. The van der Waals surface area contributed by atoms with E-state index in [2.05, 4.69) is 31.2 Å². The van der Waals surface area contributed by atoms with Gasteiger partial charge in [0.1, 0.15) is 0 Å². The van der Waals surface area contributed by atoms with Gasteiger partial charge in [0, 0.05) is 0 Å². The van der Waals surface area contributed by atoms with E-state index in [1.165, 1.54) is 49.7 Å². The molecule has 1 heteroatoms. The molecule has 0 N–H and O–H groups in total. The van der Waals surface area contributed by atoms with E-state index in [4.69, 9.17) is 4.74 Å². The van der Waals surface area contributed by atoms with Gasteiger partial charge in [0.05, 0.1) is 12.2 Å². The lowest BCUT2D eigenvalue weighted by molar-refractivity contribution is -0.168. The van der Waals surface area contributed by atoms with Gasteiger partial charge in [-0.1, -0.05) is 29.8 Å². The number of ether oxygens (including phenoxy) is 1. The highest BCUT2D eigenvalue weighted by Gasteiger charge is 2.51. The number of benzene rings is 1. The molecule has 0 saturated heterocycles. The normalized spacial score (nSPS) is 39.7. The van der Waals surface area contributed by atoms with Crippen LogP contribution in [0.25, 0.3) is 0 Å². The number of rotatable bonds is 3. The molecule has 0 radical (unpaired) electrons. The van der Waals surface area contributed by atoms with Gasteiger partial charge in [-0.15, -0.1) is 0 Å². The monoisotopic (exact) mass is 256 g/mol. The third-order valence-electron chi connectivity index (χ3n) is 5.65. The molecule has 0 unspecified atom stereocenters. The molecule has 4 fully saturated rings. The number of aryl methyl sites for hydroxylation is 1. The van der Waals surface area contributed by atoms with Crippen LogP contribution in [-0.2, 0) is 11.3 Å². The van der Waals surface area contributed by atoms with Crippen molar-refractivity contribution in [1.82, 2.24) is 0 Å². The van der Waals surface area contributed by atoms with Gasteiger partial charge in [0.2, 0.25) is 0 Å². The maximum Gasteiger partial charge on any atom is 0.0724 e. The Bertz CT molecular complexity index is 424. The minimum absolute atomic E-state index is 0.250. The van der Waals surface area contributed by atoms with Gasteiger partial charge >= 0.3 is 0 Å². The molecule has 4 bridgehead atoms. The van der Waals surface area contributed by atoms with Crippen molar-refractivity contribution < 1.29 is 4.74 Å². The first-order valence-corrected chi connectivity index (χ1v) is 7.90. The Morgan fingerprint density at radius 2 is 1.47 bits per heavy atom. The molecule has 102 valence electrons. The molecule has 4 saturated carbocycles. The van der Waals surface area contributed by atoms with Crippen molar-refractivity contribution >= 4 is 0 Å². The lowest BCUT2D eigenvalue weighted by Crippen LogP contribution is -2.51. The van der Waals surface area contributed by atoms with Crippen molar-refractivity contribution in [1.29, 1.82) is 0 Å². The summed E-state index contributed by atoms with van der Waals surface area (Å²) in [5.74, 6) is 2.93. The highest BCUT2D eigenvalue weighted by atomic mass is 16.5. The van der Waals surface area contributed by atoms with Gasteiger partial charge < -0.3 is 4.74 Å². The maximum atomic E-state index is 6.47. The number of hydrogen-bond donors (Lipinski definition) is 0. The summed E-state index contributed by atoms with van der Waals surface area (Å²) in [6.07, 6.45) is 8.49. The SMILES string of the molecule is Cc1ccc(COC23CC4CC(CC(C4)C2)C3)cc1. The highest BCUT2D eigenvalue weighted by Crippen LogP contribution is 2.57. The second kappa shape index (κ2) is 4.34. The van der Waals surface area contributed by atoms with Crippen LogP contribution in [0.15, 0.2) is 24.3 Å². The largest absolute Gasteiger partial charge is 0.370 e. The Kier molecular flexibility index (Phi) is 2.73. The molecule has 1 aromatic carbocycles. The van der Waals surface area contributed by atoms with E-state index >= 15 is 0 Å². The zero-order valence-electron chi connectivity index (χ0n) is 11.9. The summed E-state index contributed by atoms with van der Waals surface area (Å²) in [6.45, 7) is 2.95. The van der Waals surface area contributed by atoms with Crippen LogP contribution in [0.4, 0.5) is 0 Å². The van der Waals surface area contributed by atoms with Crippen molar-refractivity contribution in [3.63, 3.8) is 0 Å². The fourth-order valence-corrected chi connectivity index (χ4v) is 5.13. The van der Waals surface area contributed by atoms with Crippen LogP contribution in [0.1, 0.15) is 49.7 Å². The predicted octanol–water partition coefficient (Wildman–Crippen LogP) is 4.48. The van der Waals surface area contributed by atoms with E-state index in [-0.39, 0.29) is 5.60 Å². The van der Waals surface area contributed by atoms with Gasteiger partial charge in [-0.2, -0.15) is 0 Å². The molecular formula is C18H24O. The molecule has 0 atom stereocenters. The third kappa shape index (κ3) is 2.23. The zero-order chi connectivity index (χ0) is 12.9. The van der Waals surface area contributed by atoms with Crippen LogP contribution < -0.4 is 0 Å². The van der Waals surface area contributed by atoms with E-state index in [1.807, 2.05) is 0 Å². The number of hydrogen-bond acceptors (Lipinski definition) is 1. The van der Waals surface area contributed by atoms with Crippen molar-refractivity contribution in [2.24, 2.45) is 17.8 Å². The van der Waals surface area contributed by atoms with Crippen molar-refractivity contribution in [3.8, 4) is 0 Å². The fraction of sp³-hybridized carbons (Fsp3) is 0.667. The minimum atomic E-state index is 0.250. The van der Waals surface area contributed by atoms with Gasteiger partial charge in [0.25, 0.3) is 0 Å². The Hall–Kier alpha value is -0.820. The lowest BCUT2D eigenvalue weighted by atomic mass is 9.54. The second-order valence-corrected chi connectivity index (χ2v) is 7.37. The van der Waals surface area contributed by atoms with Crippen LogP contribution in [0, 0.1) is 24.7 Å². The summed E-state index contributed by atoms with van der Waals surface area (Å²) >= 11 is 0. The van der Waals surface area contributed by atoms with E-state index < -0.39 is 0 Å². The molecule has 5 rings (SSSR count). The lowest BCUT2D eigenvalue weighted by Gasteiger charge is -2.56. The summed E-state index contributed by atoms with van der Waals surface area (Å²) in [5.41, 5.74) is 2.92. The summed E-state index contributed by atoms with van der Waals surface area (Å²) < 4.78 is 6.47. The smallest absolute Gasteiger partial charge is 0.0724 e. The molecule has 19 heavy (non-hydrogen) atoms. The van der Waals surface area contributed by atoms with Crippen molar-refractivity contribution in [2.45, 2.75) is 57.7 Å². The van der Waals surface area contributed by atoms with E-state index in [0.717, 1.165) is 24.4 Å². The van der Waals surface area contributed by atoms with Gasteiger partial charge in [-0.05, 0) is 68.8 Å². The van der Waals surface area contributed by atoms with E-state index in [9.17, 15) is 0 Å². The van der Waals surface area contributed by atoms with E-state index in [1.54, 1.807) is 0 Å². The zero-order valence-corrected chi connectivity index (χ0v) is 11.9. The molecule has 0 spiro atoms. The Morgan fingerprint density at radius 1 is 0.947 bits per heavy atom. The van der Waals surface area contributed by atoms with Crippen LogP contribution in [-0.4, -0.2) is 5.60 Å². The summed E-state index contributed by atoms with van der Waals surface area (Å²) in [5, 5.41) is 0. The topological polar surface area (TPSA) is 9.23 Å². The maximum absolute atomic E-state index is 6.47. The first kappa shape index (κ1) is 12.0. The molecule has 4 aliphatic rings. The summed E-state index contributed by atoms with van der Waals surface area (Å²) in [4.78, 5) is 0. The molecule has 1 nitrogen and oxygen atoms in total. The first-order chi connectivity index (χ1) is 9.21. The second-order valence-electron chi connectivity index (χ2n) is 7.37. The van der Waals surface area contributed by atoms with Gasteiger partial charge in [0.15, 0.2) is 0 Å². The molecule has 1 aromatic rings. The minimum Gasteiger partial charge on any atom is -0.370 e. The van der Waals surface area contributed by atoms with E-state index in [0.29, 0.717) is 0 Å². The fourth-order valence-electron chi connectivity index (χ4n) is 5.13. The van der Waals surface area contributed by atoms with Crippen molar-refractivity contribution in [3.05, 3.63) is 35.4 Å². The van der Waals surface area contributed by atoms with Crippen LogP contribution in [0.3, 0.4) is 0 Å². The van der Waals surface area contributed by atoms with Gasteiger partial charge in [-0.3, -0.25) is 0 Å². The highest BCUT2D eigenvalue weighted by molar-refractivity contribution is 5.20. The summed E-state index contributed by atoms with van der Waals surface area (Å²) in [6, 6.07) is 8.82. The Labute approximate surface area is 116 Å². The molecular weight excluding hydrogens is 232 g/mol. The van der Waals surface area contributed by atoms with Crippen molar-refractivity contribution in [2.75, 3.05) is 0 Å². The molecule has 0 amide bonds.